The normalized spacial score (nSPS) is 10.8. The second-order valence-corrected chi connectivity index (χ2v) is 6.05. The molecule has 0 heterocycles. The molecule has 130 valence electrons. The van der Waals surface area contributed by atoms with Crippen LogP contribution in [0.15, 0.2) is 72.8 Å². The number of hydrogen-bond acceptors (Lipinski definition) is 3. The summed E-state index contributed by atoms with van der Waals surface area (Å²) >= 11 is 5.92. The van der Waals surface area contributed by atoms with Gasteiger partial charge in [0.1, 0.15) is 17.4 Å². The molecule has 0 spiro atoms. The Balaban J connectivity index is 1.62. The number of halogens is 1. The van der Waals surface area contributed by atoms with E-state index >= 15 is 0 Å². The summed E-state index contributed by atoms with van der Waals surface area (Å²) in [6.45, 7) is 0.525. The van der Waals surface area contributed by atoms with Gasteiger partial charge in [-0.05, 0) is 41.0 Å². The SMILES string of the molecule is O=[N+]([O-])c1ccc(/C=C\c2ccc(OCc3ccccc3)cc2)cc1Cl. The Morgan fingerprint density at radius 2 is 1.58 bits per heavy atom. The van der Waals surface area contributed by atoms with E-state index in [1.54, 1.807) is 12.1 Å². The molecule has 0 aliphatic heterocycles. The minimum Gasteiger partial charge on any atom is -0.489 e. The number of nitro groups is 1. The number of hydrogen-bond donors (Lipinski definition) is 0. The van der Waals surface area contributed by atoms with E-state index in [2.05, 4.69) is 0 Å². The fourth-order valence-electron chi connectivity index (χ4n) is 2.38. The summed E-state index contributed by atoms with van der Waals surface area (Å²) < 4.78 is 5.76. The quantitative estimate of drug-likeness (QED) is 0.306. The molecule has 0 amide bonds. The van der Waals surface area contributed by atoms with E-state index in [0.29, 0.717) is 6.61 Å². The summed E-state index contributed by atoms with van der Waals surface area (Å²) in [6.07, 6.45) is 3.77. The Morgan fingerprint density at radius 3 is 2.23 bits per heavy atom. The van der Waals surface area contributed by atoms with Crippen LogP contribution in [0.1, 0.15) is 16.7 Å². The van der Waals surface area contributed by atoms with Gasteiger partial charge in [0.05, 0.1) is 4.92 Å². The van der Waals surface area contributed by atoms with Gasteiger partial charge < -0.3 is 4.74 Å². The third-order valence-corrected chi connectivity index (χ3v) is 4.07. The van der Waals surface area contributed by atoms with Gasteiger partial charge in [0.2, 0.25) is 0 Å². The molecule has 0 radical (unpaired) electrons. The van der Waals surface area contributed by atoms with Crippen LogP contribution in [0.4, 0.5) is 5.69 Å². The largest absolute Gasteiger partial charge is 0.489 e. The molecular formula is C21H16ClNO3. The van der Waals surface area contributed by atoms with Crippen molar-refractivity contribution < 1.29 is 9.66 Å². The van der Waals surface area contributed by atoms with E-state index < -0.39 is 4.92 Å². The Bertz CT molecular complexity index is 922. The van der Waals surface area contributed by atoms with Gasteiger partial charge in [-0.1, -0.05) is 66.2 Å². The number of rotatable bonds is 6. The van der Waals surface area contributed by atoms with E-state index in [9.17, 15) is 10.1 Å². The summed E-state index contributed by atoms with van der Waals surface area (Å²) in [5.74, 6) is 0.796. The summed E-state index contributed by atoms with van der Waals surface area (Å²) in [5.41, 5.74) is 2.81. The Hall–Kier alpha value is -3.11. The summed E-state index contributed by atoms with van der Waals surface area (Å²) in [5, 5.41) is 10.9. The minimum absolute atomic E-state index is 0.0938. The highest BCUT2D eigenvalue weighted by molar-refractivity contribution is 6.32. The van der Waals surface area contributed by atoms with Crippen LogP contribution < -0.4 is 4.74 Å². The van der Waals surface area contributed by atoms with Gasteiger partial charge in [-0.15, -0.1) is 0 Å². The first-order valence-corrected chi connectivity index (χ1v) is 8.38. The first-order valence-electron chi connectivity index (χ1n) is 8.00. The standard InChI is InChI=1S/C21H16ClNO3/c22-20-14-17(10-13-21(20)23(24)25)7-6-16-8-11-19(12-9-16)26-15-18-4-2-1-3-5-18/h1-14H,15H2/b7-6-. The first kappa shape index (κ1) is 17.7. The molecule has 0 saturated carbocycles. The number of benzene rings is 3. The average molecular weight is 366 g/mol. The molecule has 3 aromatic rings. The van der Waals surface area contributed by atoms with Crippen LogP contribution in [0.2, 0.25) is 5.02 Å². The summed E-state index contributed by atoms with van der Waals surface area (Å²) in [4.78, 5) is 10.3. The van der Waals surface area contributed by atoms with E-state index in [-0.39, 0.29) is 10.7 Å². The molecule has 0 aliphatic rings. The molecule has 0 atom stereocenters. The molecule has 0 bridgehead atoms. The van der Waals surface area contributed by atoms with Crippen LogP contribution in [0.3, 0.4) is 0 Å². The molecule has 3 aromatic carbocycles. The predicted molar refractivity (Wildman–Crippen MR) is 104 cm³/mol. The van der Waals surface area contributed by atoms with Crippen LogP contribution >= 0.6 is 11.6 Å². The lowest BCUT2D eigenvalue weighted by Gasteiger charge is -2.06. The van der Waals surface area contributed by atoms with Crippen LogP contribution in [0.5, 0.6) is 5.75 Å². The van der Waals surface area contributed by atoms with Crippen molar-refractivity contribution in [2.75, 3.05) is 0 Å². The highest BCUT2D eigenvalue weighted by Gasteiger charge is 2.10. The van der Waals surface area contributed by atoms with Crippen LogP contribution in [0, 0.1) is 10.1 Å². The molecule has 0 aromatic heterocycles. The lowest BCUT2D eigenvalue weighted by atomic mass is 10.1. The molecular weight excluding hydrogens is 350 g/mol. The molecule has 26 heavy (non-hydrogen) atoms. The molecule has 0 N–H and O–H groups in total. The molecule has 0 aliphatic carbocycles. The minimum atomic E-state index is -0.496. The zero-order valence-corrected chi connectivity index (χ0v) is 14.6. The Morgan fingerprint density at radius 1 is 0.923 bits per heavy atom. The van der Waals surface area contributed by atoms with Crippen molar-refractivity contribution in [2.45, 2.75) is 6.61 Å². The maximum absolute atomic E-state index is 10.8. The van der Waals surface area contributed by atoms with Crippen LogP contribution in [-0.2, 0) is 6.61 Å². The van der Waals surface area contributed by atoms with Gasteiger partial charge in [-0.3, -0.25) is 10.1 Å². The van der Waals surface area contributed by atoms with E-state index in [0.717, 1.165) is 22.4 Å². The molecule has 4 nitrogen and oxygen atoms in total. The van der Waals surface area contributed by atoms with Gasteiger partial charge in [0.15, 0.2) is 0 Å². The highest BCUT2D eigenvalue weighted by Crippen LogP contribution is 2.26. The monoisotopic (exact) mass is 365 g/mol. The zero-order chi connectivity index (χ0) is 18.4. The fourth-order valence-corrected chi connectivity index (χ4v) is 2.64. The highest BCUT2D eigenvalue weighted by atomic mass is 35.5. The van der Waals surface area contributed by atoms with Gasteiger partial charge in [0.25, 0.3) is 5.69 Å². The van der Waals surface area contributed by atoms with Crippen molar-refractivity contribution in [1.82, 2.24) is 0 Å². The molecule has 0 saturated heterocycles. The lowest BCUT2D eigenvalue weighted by molar-refractivity contribution is -0.384. The van der Waals surface area contributed by atoms with Gasteiger partial charge >= 0.3 is 0 Å². The third-order valence-electron chi connectivity index (χ3n) is 3.77. The van der Waals surface area contributed by atoms with E-state index in [1.807, 2.05) is 66.7 Å². The van der Waals surface area contributed by atoms with E-state index in [4.69, 9.17) is 16.3 Å². The van der Waals surface area contributed by atoms with Crippen molar-refractivity contribution in [2.24, 2.45) is 0 Å². The topological polar surface area (TPSA) is 52.4 Å². The zero-order valence-electron chi connectivity index (χ0n) is 13.8. The average Bonchev–Trinajstić information content (AvgIpc) is 2.66. The van der Waals surface area contributed by atoms with Crippen molar-refractivity contribution >= 4 is 29.4 Å². The van der Waals surface area contributed by atoms with Crippen LogP contribution in [0.25, 0.3) is 12.2 Å². The Labute approximate surface area is 156 Å². The van der Waals surface area contributed by atoms with Gasteiger partial charge in [-0.25, -0.2) is 0 Å². The van der Waals surface area contributed by atoms with Crippen molar-refractivity contribution in [3.8, 4) is 5.75 Å². The first-order chi connectivity index (χ1) is 12.6. The maximum Gasteiger partial charge on any atom is 0.287 e. The van der Waals surface area contributed by atoms with Crippen molar-refractivity contribution in [1.29, 1.82) is 0 Å². The third kappa shape index (κ3) is 4.71. The van der Waals surface area contributed by atoms with Crippen LogP contribution in [-0.4, -0.2) is 4.92 Å². The maximum atomic E-state index is 10.8. The predicted octanol–water partition coefficient (Wildman–Crippen LogP) is 6.00. The van der Waals surface area contributed by atoms with Gasteiger partial charge in [0, 0.05) is 6.07 Å². The summed E-state index contributed by atoms with van der Waals surface area (Å²) in [7, 11) is 0. The second-order valence-electron chi connectivity index (χ2n) is 5.64. The summed E-state index contributed by atoms with van der Waals surface area (Å²) in [6, 6.07) is 22.3. The molecule has 3 rings (SSSR count). The van der Waals surface area contributed by atoms with E-state index in [1.165, 1.54) is 6.07 Å². The Kier molecular flexibility index (Phi) is 5.66. The molecule has 0 fully saturated rings. The number of nitro benzene ring substituents is 1. The van der Waals surface area contributed by atoms with Gasteiger partial charge in [-0.2, -0.15) is 0 Å². The lowest BCUT2D eigenvalue weighted by Crippen LogP contribution is -1.94. The molecule has 0 unspecified atom stereocenters. The molecule has 5 heteroatoms. The van der Waals surface area contributed by atoms with Crippen molar-refractivity contribution in [3.63, 3.8) is 0 Å². The van der Waals surface area contributed by atoms with Crippen molar-refractivity contribution in [3.05, 3.63) is 105 Å². The second kappa shape index (κ2) is 8.32. The fraction of sp³-hybridized carbons (Fsp3) is 0.0476. The number of nitrogens with zero attached hydrogens (tertiary/aromatic N) is 1. The smallest absolute Gasteiger partial charge is 0.287 e. The number of ether oxygens (including phenoxy) is 1.